The van der Waals surface area contributed by atoms with Crippen LogP contribution < -0.4 is 10.1 Å². The predicted molar refractivity (Wildman–Crippen MR) is 82.7 cm³/mol. The molecule has 114 valence electrons. The topological polar surface area (TPSA) is 21.3 Å². The van der Waals surface area contributed by atoms with E-state index < -0.39 is 0 Å². The van der Waals surface area contributed by atoms with E-state index in [1.54, 1.807) is 13.2 Å². The molecule has 2 nitrogen and oxygen atoms in total. The van der Waals surface area contributed by atoms with Crippen molar-refractivity contribution in [2.45, 2.75) is 52.0 Å². The van der Waals surface area contributed by atoms with Gasteiger partial charge in [0.2, 0.25) is 0 Å². The molecule has 0 aliphatic carbocycles. The molecular weight excluding hydrogens is 253 g/mol. The van der Waals surface area contributed by atoms with Crippen molar-refractivity contribution in [3.05, 3.63) is 29.6 Å². The number of benzene rings is 1. The van der Waals surface area contributed by atoms with Crippen LogP contribution in [0.15, 0.2) is 18.2 Å². The van der Waals surface area contributed by atoms with Gasteiger partial charge in [0.15, 0.2) is 0 Å². The van der Waals surface area contributed by atoms with Crippen molar-refractivity contribution in [1.82, 2.24) is 5.32 Å². The molecule has 3 heteroatoms. The molecule has 0 saturated carbocycles. The highest BCUT2D eigenvalue weighted by Gasteiger charge is 2.22. The first kappa shape index (κ1) is 17.0. The minimum atomic E-state index is -0.186. The minimum Gasteiger partial charge on any atom is -0.496 e. The number of hydrogen-bond donors (Lipinski definition) is 1. The van der Waals surface area contributed by atoms with Crippen LogP contribution in [0.5, 0.6) is 5.75 Å². The van der Waals surface area contributed by atoms with Gasteiger partial charge in [-0.3, -0.25) is 0 Å². The van der Waals surface area contributed by atoms with Crippen molar-refractivity contribution in [3.8, 4) is 5.75 Å². The van der Waals surface area contributed by atoms with E-state index in [-0.39, 0.29) is 11.9 Å². The first-order chi connectivity index (χ1) is 9.67. The summed E-state index contributed by atoms with van der Waals surface area (Å²) in [6.45, 7) is 4.42. The number of methoxy groups -OCH3 is 1. The van der Waals surface area contributed by atoms with Crippen molar-refractivity contribution >= 4 is 0 Å². The normalized spacial score (nSPS) is 14.1. The van der Waals surface area contributed by atoms with Gasteiger partial charge >= 0.3 is 0 Å². The molecule has 0 radical (unpaired) electrons. The summed E-state index contributed by atoms with van der Waals surface area (Å²) in [5.74, 6) is 1.07. The zero-order valence-electron chi connectivity index (χ0n) is 13.2. The number of rotatable bonds is 9. The molecule has 2 atom stereocenters. The van der Waals surface area contributed by atoms with Gasteiger partial charge in [0.05, 0.1) is 7.11 Å². The highest BCUT2D eigenvalue weighted by atomic mass is 19.1. The largest absolute Gasteiger partial charge is 0.496 e. The van der Waals surface area contributed by atoms with Gasteiger partial charge in [-0.05, 0) is 31.5 Å². The Morgan fingerprint density at radius 1 is 1.30 bits per heavy atom. The molecule has 1 N–H and O–H groups in total. The standard InChI is InChI=1S/C17H28FNO/c1-5-7-9-13(6-2)12-15(19-3)17-14(18)10-8-11-16(17)20-4/h8,10-11,13,15,19H,5-7,9,12H2,1-4H3. The van der Waals surface area contributed by atoms with E-state index >= 15 is 0 Å². The van der Waals surface area contributed by atoms with Crippen LogP contribution in [0.1, 0.15) is 57.6 Å². The molecule has 2 unspecified atom stereocenters. The Labute approximate surface area is 122 Å². The van der Waals surface area contributed by atoms with Gasteiger partial charge in [-0.25, -0.2) is 4.39 Å². The fourth-order valence-electron chi connectivity index (χ4n) is 2.73. The van der Waals surface area contributed by atoms with Crippen LogP contribution in [0, 0.1) is 11.7 Å². The van der Waals surface area contributed by atoms with Gasteiger partial charge in [-0.1, -0.05) is 45.6 Å². The molecule has 0 aromatic heterocycles. The highest BCUT2D eigenvalue weighted by molar-refractivity contribution is 5.37. The maximum Gasteiger partial charge on any atom is 0.131 e. The van der Waals surface area contributed by atoms with E-state index in [1.807, 2.05) is 13.1 Å². The van der Waals surface area contributed by atoms with Crippen molar-refractivity contribution in [2.75, 3.05) is 14.2 Å². The van der Waals surface area contributed by atoms with Crippen LogP contribution >= 0.6 is 0 Å². The second-order valence-electron chi connectivity index (χ2n) is 5.35. The maximum atomic E-state index is 14.2. The molecule has 0 bridgehead atoms. The van der Waals surface area contributed by atoms with Gasteiger partial charge in [0.1, 0.15) is 11.6 Å². The van der Waals surface area contributed by atoms with Crippen molar-refractivity contribution in [2.24, 2.45) is 5.92 Å². The summed E-state index contributed by atoms with van der Waals surface area (Å²) in [6, 6.07) is 5.04. The highest BCUT2D eigenvalue weighted by Crippen LogP contribution is 2.33. The SMILES string of the molecule is CCCCC(CC)CC(NC)c1c(F)cccc1OC. The maximum absolute atomic E-state index is 14.2. The number of unbranched alkanes of at least 4 members (excludes halogenated alkanes) is 1. The summed E-state index contributed by atoms with van der Waals surface area (Å²) in [7, 11) is 3.49. The van der Waals surface area contributed by atoms with Crippen molar-refractivity contribution < 1.29 is 9.13 Å². The number of ether oxygens (including phenoxy) is 1. The summed E-state index contributed by atoms with van der Waals surface area (Å²) in [4.78, 5) is 0. The van der Waals surface area contributed by atoms with Crippen LogP contribution in [0.3, 0.4) is 0 Å². The average Bonchev–Trinajstić information content (AvgIpc) is 2.48. The Morgan fingerprint density at radius 2 is 2.05 bits per heavy atom. The lowest BCUT2D eigenvalue weighted by Gasteiger charge is -2.24. The lowest BCUT2D eigenvalue weighted by atomic mass is 9.88. The Bertz CT molecular complexity index is 395. The first-order valence-electron chi connectivity index (χ1n) is 7.67. The summed E-state index contributed by atoms with van der Waals surface area (Å²) in [5.41, 5.74) is 0.660. The monoisotopic (exact) mass is 281 g/mol. The molecule has 0 amide bonds. The van der Waals surface area contributed by atoms with Gasteiger partial charge in [0, 0.05) is 11.6 Å². The van der Waals surface area contributed by atoms with E-state index in [9.17, 15) is 4.39 Å². The van der Waals surface area contributed by atoms with Crippen LogP contribution in [0.25, 0.3) is 0 Å². The van der Waals surface area contributed by atoms with Crippen LogP contribution in [0.4, 0.5) is 4.39 Å². The van der Waals surface area contributed by atoms with Gasteiger partial charge in [-0.2, -0.15) is 0 Å². The molecule has 1 aromatic carbocycles. The number of halogens is 1. The molecule has 0 heterocycles. The smallest absolute Gasteiger partial charge is 0.131 e. The first-order valence-corrected chi connectivity index (χ1v) is 7.67. The molecule has 0 saturated heterocycles. The summed E-state index contributed by atoms with van der Waals surface area (Å²) in [6.07, 6.45) is 5.74. The van der Waals surface area contributed by atoms with E-state index in [1.165, 1.54) is 25.3 Å². The van der Waals surface area contributed by atoms with Crippen LogP contribution in [0.2, 0.25) is 0 Å². The Morgan fingerprint density at radius 3 is 2.60 bits per heavy atom. The lowest BCUT2D eigenvalue weighted by Crippen LogP contribution is -2.21. The number of nitrogens with one attached hydrogen (secondary N) is 1. The minimum absolute atomic E-state index is 0.00737. The van der Waals surface area contributed by atoms with Gasteiger partial charge in [-0.15, -0.1) is 0 Å². The molecule has 1 aromatic rings. The van der Waals surface area contributed by atoms with Crippen LogP contribution in [-0.2, 0) is 0 Å². The Kier molecular flexibility index (Phi) is 7.60. The van der Waals surface area contributed by atoms with E-state index in [4.69, 9.17) is 4.74 Å². The van der Waals surface area contributed by atoms with E-state index in [0.29, 0.717) is 17.2 Å². The molecule has 1 rings (SSSR count). The molecule has 0 fully saturated rings. The van der Waals surface area contributed by atoms with Crippen molar-refractivity contribution in [1.29, 1.82) is 0 Å². The predicted octanol–water partition coefficient (Wildman–Crippen LogP) is 4.70. The number of hydrogen-bond acceptors (Lipinski definition) is 2. The molecule has 0 aliphatic rings. The third-order valence-electron chi connectivity index (χ3n) is 4.04. The zero-order valence-corrected chi connectivity index (χ0v) is 13.2. The Hall–Kier alpha value is -1.09. The summed E-state index contributed by atoms with van der Waals surface area (Å²) >= 11 is 0. The quantitative estimate of drug-likeness (QED) is 0.708. The Balaban J connectivity index is 2.89. The second-order valence-corrected chi connectivity index (χ2v) is 5.35. The average molecular weight is 281 g/mol. The third kappa shape index (κ3) is 4.48. The molecule has 0 aliphatic heterocycles. The summed E-state index contributed by atoms with van der Waals surface area (Å²) < 4.78 is 19.5. The second kappa shape index (κ2) is 8.96. The zero-order chi connectivity index (χ0) is 15.0. The van der Waals surface area contributed by atoms with Gasteiger partial charge < -0.3 is 10.1 Å². The molecule has 20 heavy (non-hydrogen) atoms. The lowest BCUT2D eigenvalue weighted by molar-refractivity contribution is 0.343. The molecule has 0 spiro atoms. The summed E-state index contributed by atoms with van der Waals surface area (Å²) in [5, 5.41) is 3.26. The van der Waals surface area contributed by atoms with Crippen LogP contribution in [-0.4, -0.2) is 14.2 Å². The van der Waals surface area contributed by atoms with E-state index in [0.717, 1.165) is 12.8 Å². The van der Waals surface area contributed by atoms with E-state index in [2.05, 4.69) is 19.2 Å². The van der Waals surface area contributed by atoms with Crippen molar-refractivity contribution in [3.63, 3.8) is 0 Å². The molecular formula is C17H28FNO. The van der Waals surface area contributed by atoms with Gasteiger partial charge in [0.25, 0.3) is 0 Å². The fraction of sp³-hybridized carbons (Fsp3) is 0.647. The third-order valence-corrected chi connectivity index (χ3v) is 4.04. The fourth-order valence-corrected chi connectivity index (χ4v) is 2.73.